The van der Waals surface area contributed by atoms with Crippen LogP contribution >= 0.6 is 0 Å². The lowest BCUT2D eigenvalue weighted by atomic mass is 9.85. The average Bonchev–Trinajstić information content (AvgIpc) is 3.01. The Kier molecular flexibility index (Phi) is 6.92. The van der Waals surface area contributed by atoms with E-state index in [9.17, 15) is 19.2 Å². The van der Waals surface area contributed by atoms with Crippen molar-refractivity contribution in [3.05, 3.63) is 65.2 Å². The number of carbonyl (C=O) groups excluding carboxylic acids is 4. The zero-order valence-corrected chi connectivity index (χ0v) is 18.5. The Morgan fingerprint density at radius 1 is 1.03 bits per heavy atom. The topological polar surface area (TPSA) is 108 Å². The summed E-state index contributed by atoms with van der Waals surface area (Å²) in [4.78, 5) is 51.5. The molecule has 8 nitrogen and oxygen atoms in total. The minimum Gasteiger partial charge on any atom is -0.319 e. The first-order chi connectivity index (χ1) is 15.3. The van der Waals surface area contributed by atoms with Crippen molar-refractivity contribution in [2.45, 2.75) is 45.6 Å². The van der Waals surface area contributed by atoms with Crippen LogP contribution in [0.15, 0.2) is 48.5 Å². The Labute approximate surface area is 187 Å². The summed E-state index contributed by atoms with van der Waals surface area (Å²) in [5.74, 6) is -1.25. The van der Waals surface area contributed by atoms with E-state index in [2.05, 4.69) is 16.0 Å². The van der Waals surface area contributed by atoms with Gasteiger partial charge in [0.1, 0.15) is 12.1 Å². The molecule has 1 saturated heterocycles. The molecule has 2 aromatic carbocycles. The van der Waals surface area contributed by atoms with Gasteiger partial charge in [-0.1, -0.05) is 62.2 Å². The number of nitrogens with zero attached hydrogens (tertiary/aromatic N) is 1. The van der Waals surface area contributed by atoms with E-state index in [0.717, 1.165) is 28.9 Å². The number of aryl methyl sites for hydroxylation is 1. The number of carbonyl (C=O) groups is 4. The van der Waals surface area contributed by atoms with Crippen LogP contribution < -0.4 is 16.0 Å². The van der Waals surface area contributed by atoms with Gasteiger partial charge in [0.25, 0.3) is 5.91 Å². The Balaban J connectivity index is 1.70. The van der Waals surface area contributed by atoms with Crippen molar-refractivity contribution in [3.8, 4) is 0 Å². The molecule has 8 heteroatoms. The third-order valence-corrected chi connectivity index (χ3v) is 5.76. The van der Waals surface area contributed by atoms with Crippen LogP contribution in [0.1, 0.15) is 42.9 Å². The quantitative estimate of drug-likeness (QED) is 0.577. The molecule has 0 radical (unpaired) electrons. The lowest BCUT2D eigenvalue weighted by Crippen LogP contribution is -2.46. The fourth-order valence-corrected chi connectivity index (χ4v) is 3.79. The number of hydrogen-bond acceptors (Lipinski definition) is 4. The largest absolute Gasteiger partial charge is 0.325 e. The average molecular weight is 437 g/mol. The second-order valence-corrected chi connectivity index (χ2v) is 7.95. The molecule has 0 bridgehead atoms. The van der Waals surface area contributed by atoms with Crippen molar-refractivity contribution in [1.82, 2.24) is 15.5 Å². The van der Waals surface area contributed by atoms with E-state index < -0.39 is 36.0 Å². The van der Waals surface area contributed by atoms with Crippen molar-refractivity contribution in [2.24, 2.45) is 0 Å². The SMILES string of the molecule is CCCCC1(c2ccccc2)NC(=O)N(CC(=O)NC(=O)Nc2cccc(C)c2C)C1=O. The fourth-order valence-electron chi connectivity index (χ4n) is 3.79. The van der Waals surface area contributed by atoms with Gasteiger partial charge in [0.2, 0.25) is 5.91 Å². The number of anilines is 1. The Morgan fingerprint density at radius 2 is 1.75 bits per heavy atom. The summed E-state index contributed by atoms with van der Waals surface area (Å²) in [5, 5.41) is 7.60. The van der Waals surface area contributed by atoms with E-state index >= 15 is 0 Å². The van der Waals surface area contributed by atoms with Crippen LogP contribution in [0.25, 0.3) is 0 Å². The number of imide groups is 2. The summed E-state index contributed by atoms with van der Waals surface area (Å²) < 4.78 is 0. The standard InChI is InChI=1S/C24H28N4O4/c1-4-5-14-24(18-11-7-6-8-12-18)21(30)28(23(32)27-24)15-20(29)26-22(31)25-19-13-9-10-16(2)17(19)3/h6-13H,4-5,14-15H2,1-3H3,(H,27,32)(H2,25,26,29,31). The second kappa shape index (κ2) is 9.64. The number of hydrogen-bond donors (Lipinski definition) is 3. The zero-order valence-electron chi connectivity index (χ0n) is 18.5. The number of unbranched alkanes of at least 4 members (excludes halogenated alkanes) is 1. The summed E-state index contributed by atoms with van der Waals surface area (Å²) in [6.07, 6.45) is 1.99. The van der Waals surface area contributed by atoms with Crippen LogP contribution in [0, 0.1) is 13.8 Å². The molecule has 1 atom stereocenters. The molecule has 0 aromatic heterocycles. The molecule has 3 N–H and O–H groups in total. The summed E-state index contributed by atoms with van der Waals surface area (Å²) in [6, 6.07) is 13.1. The lowest BCUT2D eigenvalue weighted by Gasteiger charge is -2.27. The molecule has 1 heterocycles. The molecule has 168 valence electrons. The Morgan fingerprint density at radius 3 is 2.44 bits per heavy atom. The van der Waals surface area contributed by atoms with Crippen LogP contribution in [0.5, 0.6) is 0 Å². The number of benzene rings is 2. The highest BCUT2D eigenvalue weighted by Crippen LogP contribution is 2.34. The maximum atomic E-state index is 13.3. The highest BCUT2D eigenvalue weighted by molar-refractivity contribution is 6.11. The molecular formula is C24H28N4O4. The summed E-state index contributed by atoms with van der Waals surface area (Å²) in [7, 11) is 0. The Bertz CT molecular complexity index is 1040. The smallest absolute Gasteiger partial charge is 0.319 e. The molecule has 0 saturated carbocycles. The van der Waals surface area contributed by atoms with Crippen LogP contribution in [-0.2, 0) is 15.1 Å². The number of nitrogens with one attached hydrogen (secondary N) is 3. The first-order valence-electron chi connectivity index (χ1n) is 10.6. The van der Waals surface area contributed by atoms with Gasteiger partial charge in [-0.25, -0.2) is 9.59 Å². The van der Waals surface area contributed by atoms with Crippen molar-refractivity contribution in [3.63, 3.8) is 0 Å². The summed E-state index contributed by atoms with van der Waals surface area (Å²) >= 11 is 0. The van der Waals surface area contributed by atoms with Crippen LogP contribution in [-0.4, -0.2) is 35.3 Å². The molecule has 2 aromatic rings. The molecule has 1 aliphatic rings. The molecule has 3 rings (SSSR count). The minimum atomic E-state index is -1.21. The Hall–Kier alpha value is -3.68. The molecule has 6 amide bonds. The first kappa shape index (κ1) is 23.0. The lowest BCUT2D eigenvalue weighted by molar-refractivity contribution is -0.135. The van der Waals surface area contributed by atoms with Gasteiger partial charge in [-0.15, -0.1) is 0 Å². The van der Waals surface area contributed by atoms with Gasteiger partial charge < -0.3 is 10.6 Å². The van der Waals surface area contributed by atoms with Crippen molar-refractivity contribution >= 4 is 29.6 Å². The molecule has 1 aliphatic heterocycles. The van der Waals surface area contributed by atoms with E-state index in [4.69, 9.17) is 0 Å². The first-order valence-corrected chi connectivity index (χ1v) is 10.6. The number of amides is 6. The van der Waals surface area contributed by atoms with E-state index in [-0.39, 0.29) is 0 Å². The van der Waals surface area contributed by atoms with E-state index in [1.165, 1.54) is 0 Å². The van der Waals surface area contributed by atoms with E-state index in [1.807, 2.05) is 32.9 Å². The molecule has 32 heavy (non-hydrogen) atoms. The van der Waals surface area contributed by atoms with Gasteiger partial charge >= 0.3 is 12.1 Å². The predicted molar refractivity (Wildman–Crippen MR) is 121 cm³/mol. The molecule has 0 spiro atoms. The summed E-state index contributed by atoms with van der Waals surface area (Å²) in [5.41, 5.74) is 1.91. The highest BCUT2D eigenvalue weighted by Gasteiger charge is 2.52. The van der Waals surface area contributed by atoms with Crippen molar-refractivity contribution in [1.29, 1.82) is 0 Å². The monoisotopic (exact) mass is 436 g/mol. The van der Waals surface area contributed by atoms with Crippen LogP contribution in [0.4, 0.5) is 15.3 Å². The predicted octanol–water partition coefficient (Wildman–Crippen LogP) is 3.59. The number of rotatable bonds is 7. The van der Waals surface area contributed by atoms with Crippen molar-refractivity contribution < 1.29 is 19.2 Å². The van der Waals surface area contributed by atoms with Gasteiger partial charge in [-0.05, 0) is 43.0 Å². The minimum absolute atomic E-state index is 0.420. The summed E-state index contributed by atoms with van der Waals surface area (Å²) in [6.45, 7) is 5.23. The van der Waals surface area contributed by atoms with Gasteiger partial charge in [0, 0.05) is 5.69 Å². The van der Waals surface area contributed by atoms with Crippen LogP contribution in [0.3, 0.4) is 0 Å². The maximum absolute atomic E-state index is 13.3. The van der Waals surface area contributed by atoms with E-state index in [1.54, 1.807) is 36.4 Å². The molecular weight excluding hydrogens is 408 g/mol. The van der Waals surface area contributed by atoms with Crippen LogP contribution in [0.2, 0.25) is 0 Å². The highest BCUT2D eigenvalue weighted by atomic mass is 16.2. The molecule has 0 aliphatic carbocycles. The fraction of sp³-hybridized carbons (Fsp3) is 0.333. The van der Waals surface area contributed by atoms with E-state index in [0.29, 0.717) is 17.7 Å². The van der Waals surface area contributed by atoms with Gasteiger partial charge in [-0.2, -0.15) is 0 Å². The zero-order chi connectivity index (χ0) is 23.3. The van der Waals surface area contributed by atoms with Gasteiger partial charge in [-0.3, -0.25) is 19.8 Å². The normalized spacial score (nSPS) is 17.8. The third kappa shape index (κ3) is 4.64. The number of urea groups is 2. The second-order valence-electron chi connectivity index (χ2n) is 7.95. The van der Waals surface area contributed by atoms with Gasteiger partial charge in [0.05, 0.1) is 0 Å². The molecule has 1 fully saturated rings. The van der Waals surface area contributed by atoms with Crippen molar-refractivity contribution in [2.75, 3.05) is 11.9 Å². The molecule has 1 unspecified atom stereocenters. The maximum Gasteiger partial charge on any atom is 0.325 e. The third-order valence-electron chi connectivity index (χ3n) is 5.76. The van der Waals surface area contributed by atoms with Gasteiger partial charge in [0.15, 0.2) is 0 Å².